The van der Waals surface area contributed by atoms with E-state index in [-0.39, 0.29) is 5.97 Å². The van der Waals surface area contributed by atoms with Crippen LogP contribution in [-0.4, -0.2) is 12.6 Å². The van der Waals surface area contributed by atoms with Crippen LogP contribution in [0.15, 0.2) is 18.2 Å². The van der Waals surface area contributed by atoms with E-state index in [0.717, 1.165) is 20.5 Å². The highest BCUT2D eigenvalue weighted by Gasteiger charge is 2.15. The summed E-state index contributed by atoms with van der Waals surface area (Å²) >= 11 is 1.51. The molecular formula is C13H14O2S. The third-order valence-electron chi connectivity index (χ3n) is 2.55. The van der Waals surface area contributed by atoms with Crippen molar-refractivity contribution >= 4 is 27.4 Å². The molecule has 1 heterocycles. The van der Waals surface area contributed by atoms with Crippen LogP contribution in [0.4, 0.5) is 0 Å². The Kier molecular flexibility index (Phi) is 2.97. The lowest BCUT2D eigenvalue weighted by Gasteiger charge is -1.99. The van der Waals surface area contributed by atoms with Gasteiger partial charge in [0, 0.05) is 4.70 Å². The Morgan fingerprint density at radius 1 is 1.38 bits per heavy atom. The van der Waals surface area contributed by atoms with E-state index < -0.39 is 0 Å². The highest BCUT2D eigenvalue weighted by Crippen LogP contribution is 2.31. The van der Waals surface area contributed by atoms with Gasteiger partial charge in [-0.3, -0.25) is 0 Å². The molecule has 0 amide bonds. The Labute approximate surface area is 98.9 Å². The molecule has 0 saturated carbocycles. The summed E-state index contributed by atoms with van der Waals surface area (Å²) in [5, 5.41) is 1.16. The van der Waals surface area contributed by atoms with E-state index in [1.165, 1.54) is 16.9 Å². The van der Waals surface area contributed by atoms with Gasteiger partial charge in [-0.1, -0.05) is 17.7 Å². The molecule has 0 saturated heterocycles. The average molecular weight is 234 g/mol. The van der Waals surface area contributed by atoms with Crippen LogP contribution < -0.4 is 0 Å². The minimum Gasteiger partial charge on any atom is -0.462 e. The fourth-order valence-electron chi connectivity index (χ4n) is 1.73. The summed E-state index contributed by atoms with van der Waals surface area (Å²) in [4.78, 5) is 12.4. The smallest absolute Gasteiger partial charge is 0.348 e. The molecule has 16 heavy (non-hydrogen) atoms. The van der Waals surface area contributed by atoms with Gasteiger partial charge in [-0.15, -0.1) is 11.3 Å². The zero-order valence-corrected chi connectivity index (χ0v) is 10.5. The molecule has 3 heteroatoms. The van der Waals surface area contributed by atoms with Gasteiger partial charge in [-0.25, -0.2) is 4.79 Å². The van der Waals surface area contributed by atoms with Gasteiger partial charge in [-0.05, 0) is 37.8 Å². The minimum atomic E-state index is -0.209. The van der Waals surface area contributed by atoms with Crippen LogP contribution in [0, 0.1) is 13.8 Å². The molecule has 84 valence electrons. The fourth-order valence-corrected chi connectivity index (χ4v) is 2.81. The van der Waals surface area contributed by atoms with E-state index in [1.807, 2.05) is 13.8 Å². The lowest BCUT2D eigenvalue weighted by molar-refractivity contribution is 0.0531. The molecule has 2 aromatic rings. The monoisotopic (exact) mass is 234 g/mol. The first-order valence-electron chi connectivity index (χ1n) is 5.30. The van der Waals surface area contributed by atoms with E-state index in [4.69, 9.17) is 4.74 Å². The first-order valence-corrected chi connectivity index (χ1v) is 6.12. The largest absolute Gasteiger partial charge is 0.462 e. The average Bonchev–Trinajstić information content (AvgIpc) is 2.57. The number of carbonyl (C=O) groups excluding carboxylic acids is 1. The number of thiophene rings is 1. The Balaban J connectivity index is 2.56. The van der Waals surface area contributed by atoms with Crippen molar-refractivity contribution in [2.45, 2.75) is 20.8 Å². The van der Waals surface area contributed by atoms with Crippen molar-refractivity contribution in [2.24, 2.45) is 0 Å². The Bertz CT molecular complexity index is 540. The molecular weight excluding hydrogens is 220 g/mol. The molecule has 0 spiro atoms. The van der Waals surface area contributed by atoms with Gasteiger partial charge in [0.2, 0.25) is 0 Å². The van der Waals surface area contributed by atoms with Gasteiger partial charge in [0.15, 0.2) is 0 Å². The summed E-state index contributed by atoms with van der Waals surface area (Å²) in [6.07, 6.45) is 0. The van der Waals surface area contributed by atoms with Gasteiger partial charge in [0.1, 0.15) is 4.88 Å². The predicted octanol–water partition coefficient (Wildman–Crippen LogP) is 3.69. The van der Waals surface area contributed by atoms with Crippen LogP contribution >= 0.6 is 11.3 Å². The molecule has 2 rings (SSSR count). The van der Waals surface area contributed by atoms with E-state index >= 15 is 0 Å². The second kappa shape index (κ2) is 4.26. The predicted molar refractivity (Wildman–Crippen MR) is 67.3 cm³/mol. The molecule has 0 fully saturated rings. The number of fused-ring (bicyclic) bond motifs is 1. The highest BCUT2D eigenvalue weighted by molar-refractivity contribution is 7.21. The number of hydrogen-bond donors (Lipinski definition) is 0. The van der Waals surface area contributed by atoms with Crippen LogP contribution in [-0.2, 0) is 4.74 Å². The van der Waals surface area contributed by atoms with Crippen LogP contribution in [0.1, 0.15) is 27.7 Å². The first-order chi connectivity index (χ1) is 7.63. The molecule has 0 unspecified atom stereocenters. The maximum atomic E-state index is 11.7. The standard InChI is InChI=1S/C13H14O2S/c1-4-15-13(14)12-9(3)10-7-8(2)5-6-11(10)16-12/h5-7H,4H2,1-3H3. The molecule has 1 aromatic carbocycles. The summed E-state index contributed by atoms with van der Waals surface area (Å²) in [7, 11) is 0. The number of aryl methyl sites for hydroxylation is 2. The third kappa shape index (κ3) is 1.83. The molecule has 0 atom stereocenters. The van der Waals surface area contributed by atoms with Crippen LogP contribution in [0.3, 0.4) is 0 Å². The summed E-state index contributed by atoms with van der Waals surface area (Å²) in [5.41, 5.74) is 2.24. The quantitative estimate of drug-likeness (QED) is 0.741. The Morgan fingerprint density at radius 2 is 2.12 bits per heavy atom. The van der Waals surface area contributed by atoms with Crippen molar-refractivity contribution in [3.05, 3.63) is 34.2 Å². The number of ether oxygens (including phenoxy) is 1. The number of carbonyl (C=O) groups is 1. The molecule has 0 N–H and O–H groups in total. The summed E-state index contributed by atoms with van der Waals surface area (Å²) in [6.45, 7) is 6.28. The second-order valence-corrected chi connectivity index (χ2v) is 4.83. The molecule has 0 aliphatic carbocycles. The van der Waals surface area contributed by atoms with Crippen molar-refractivity contribution in [3.8, 4) is 0 Å². The summed E-state index contributed by atoms with van der Waals surface area (Å²) < 4.78 is 6.18. The normalized spacial score (nSPS) is 10.7. The highest BCUT2D eigenvalue weighted by atomic mass is 32.1. The third-order valence-corrected chi connectivity index (χ3v) is 3.81. The van der Waals surface area contributed by atoms with Crippen molar-refractivity contribution in [2.75, 3.05) is 6.61 Å². The van der Waals surface area contributed by atoms with E-state index in [2.05, 4.69) is 25.1 Å². The van der Waals surface area contributed by atoms with Crippen molar-refractivity contribution in [3.63, 3.8) is 0 Å². The first kappa shape index (κ1) is 11.1. The lowest BCUT2D eigenvalue weighted by Crippen LogP contribution is -2.03. The van der Waals surface area contributed by atoms with E-state index in [0.29, 0.717) is 6.61 Å². The topological polar surface area (TPSA) is 26.3 Å². The number of benzene rings is 1. The van der Waals surface area contributed by atoms with Gasteiger partial charge in [0.05, 0.1) is 6.61 Å². The van der Waals surface area contributed by atoms with Crippen LogP contribution in [0.25, 0.3) is 10.1 Å². The summed E-state index contributed by atoms with van der Waals surface area (Å²) in [6, 6.07) is 6.24. The SMILES string of the molecule is CCOC(=O)c1sc2ccc(C)cc2c1C. The van der Waals surface area contributed by atoms with Crippen molar-refractivity contribution < 1.29 is 9.53 Å². The minimum absolute atomic E-state index is 0.209. The number of esters is 1. The molecule has 0 aliphatic rings. The molecule has 2 nitrogen and oxygen atoms in total. The van der Waals surface area contributed by atoms with Crippen LogP contribution in [0.2, 0.25) is 0 Å². The van der Waals surface area contributed by atoms with Crippen molar-refractivity contribution in [1.29, 1.82) is 0 Å². The number of hydrogen-bond acceptors (Lipinski definition) is 3. The molecule has 0 bridgehead atoms. The lowest BCUT2D eigenvalue weighted by atomic mass is 10.1. The number of rotatable bonds is 2. The maximum absolute atomic E-state index is 11.7. The van der Waals surface area contributed by atoms with Crippen molar-refractivity contribution in [1.82, 2.24) is 0 Å². The Hall–Kier alpha value is -1.35. The molecule has 1 aromatic heterocycles. The zero-order valence-electron chi connectivity index (χ0n) is 9.66. The van der Waals surface area contributed by atoms with E-state index in [1.54, 1.807) is 0 Å². The van der Waals surface area contributed by atoms with E-state index in [9.17, 15) is 4.79 Å². The van der Waals surface area contributed by atoms with Gasteiger partial charge in [-0.2, -0.15) is 0 Å². The maximum Gasteiger partial charge on any atom is 0.348 e. The zero-order chi connectivity index (χ0) is 11.7. The van der Waals surface area contributed by atoms with Crippen LogP contribution in [0.5, 0.6) is 0 Å². The molecule has 0 aliphatic heterocycles. The molecule has 0 radical (unpaired) electrons. The van der Waals surface area contributed by atoms with Gasteiger partial charge < -0.3 is 4.74 Å². The fraction of sp³-hybridized carbons (Fsp3) is 0.308. The second-order valence-electron chi connectivity index (χ2n) is 3.78. The Morgan fingerprint density at radius 3 is 2.81 bits per heavy atom. The van der Waals surface area contributed by atoms with Gasteiger partial charge >= 0.3 is 5.97 Å². The van der Waals surface area contributed by atoms with Gasteiger partial charge in [0.25, 0.3) is 0 Å². The summed E-state index contributed by atoms with van der Waals surface area (Å²) in [5.74, 6) is -0.209.